The summed E-state index contributed by atoms with van der Waals surface area (Å²) in [5.74, 6) is 3.10. The normalized spacial score (nSPS) is 10.5. The summed E-state index contributed by atoms with van der Waals surface area (Å²) in [5, 5.41) is 0. The van der Waals surface area contributed by atoms with Crippen molar-refractivity contribution in [2.45, 2.75) is 19.4 Å². The van der Waals surface area contributed by atoms with Gasteiger partial charge in [0, 0.05) is 6.07 Å². The van der Waals surface area contributed by atoms with Crippen molar-refractivity contribution in [2.75, 3.05) is 5.73 Å². The molecule has 1 rings (SSSR count). The van der Waals surface area contributed by atoms with Gasteiger partial charge in [-0.1, -0.05) is 5.92 Å². The summed E-state index contributed by atoms with van der Waals surface area (Å²) in [6, 6.07) is 1.69. The lowest BCUT2D eigenvalue weighted by Crippen LogP contribution is -2.25. The first kappa shape index (κ1) is 9.40. The maximum Gasteiger partial charge on any atom is 0.163 e. The van der Waals surface area contributed by atoms with Gasteiger partial charge in [0.05, 0.1) is 18.1 Å². The van der Waals surface area contributed by atoms with Gasteiger partial charge in [-0.2, -0.15) is 0 Å². The van der Waals surface area contributed by atoms with Crippen LogP contribution in [0.5, 0.6) is 5.75 Å². The van der Waals surface area contributed by atoms with Crippen molar-refractivity contribution in [1.29, 1.82) is 0 Å². The van der Waals surface area contributed by atoms with Crippen molar-refractivity contribution in [3.8, 4) is 18.1 Å². The zero-order valence-electron chi connectivity index (χ0n) is 7.74. The Bertz CT molecular complexity index is 339. The summed E-state index contributed by atoms with van der Waals surface area (Å²) in [7, 11) is 0. The molecule has 0 amide bonds. The number of terminal acetylenes is 1. The van der Waals surface area contributed by atoms with Gasteiger partial charge < -0.3 is 10.5 Å². The standard InChI is InChI=1S/C10H12N2O/c1-4-10(2,3)13-9-5-8(11)6-12-7-9/h1,5-7H,11H2,2-3H3. The number of anilines is 1. The second-order valence-corrected chi connectivity index (χ2v) is 3.21. The summed E-state index contributed by atoms with van der Waals surface area (Å²) < 4.78 is 5.45. The van der Waals surface area contributed by atoms with Gasteiger partial charge in [-0.3, -0.25) is 4.98 Å². The van der Waals surface area contributed by atoms with Crippen LogP contribution in [0.3, 0.4) is 0 Å². The molecule has 0 aliphatic carbocycles. The van der Waals surface area contributed by atoms with Crippen molar-refractivity contribution in [1.82, 2.24) is 4.98 Å². The minimum atomic E-state index is -0.629. The molecule has 0 fully saturated rings. The summed E-state index contributed by atoms with van der Waals surface area (Å²) in [6.07, 6.45) is 8.40. The molecule has 13 heavy (non-hydrogen) atoms. The van der Waals surface area contributed by atoms with Crippen LogP contribution in [0.4, 0.5) is 5.69 Å². The fourth-order valence-corrected chi connectivity index (χ4v) is 0.816. The van der Waals surface area contributed by atoms with E-state index in [-0.39, 0.29) is 0 Å². The zero-order valence-corrected chi connectivity index (χ0v) is 7.74. The minimum Gasteiger partial charge on any atom is -0.473 e. The van der Waals surface area contributed by atoms with E-state index in [0.717, 1.165) is 0 Å². The molecule has 68 valence electrons. The van der Waals surface area contributed by atoms with Crippen LogP contribution >= 0.6 is 0 Å². The van der Waals surface area contributed by atoms with Crippen LogP contribution < -0.4 is 10.5 Å². The molecule has 1 aromatic heterocycles. The third kappa shape index (κ3) is 2.68. The van der Waals surface area contributed by atoms with Crippen LogP contribution in [0, 0.1) is 12.3 Å². The van der Waals surface area contributed by atoms with Crippen molar-refractivity contribution in [2.24, 2.45) is 0 Å². The molecule has 1 aromatic rings. The minimum absolute atomic E-state index is 0.560. The lowest BCUT2D eigenvalue weighted by atomic mass is 10.1. The molecule has 3 heteroatoms. The van der Waals surface area contributed by atoms with Gasteiger partial charge >= 0.3 is 0 Å². The molecule has 0 spiro atoms. The molecule has 0 radical (unpaired) electrons. The van der Waals surface area contributed by atoms with E-state index in [9.17, 15) is 0 Å². The van der Waals surface area contributed by atoms with Crippen LogP contribution in [-0.2, 0) is 0 Å². The second-order valence-electron chi connectivity index (χ2n) is 3.21. The summed E-state index contributed by atoms with van der Waals surface area (Å²) >= 11 is 0. The molecule has 1 heterocycles. The van der Waals surface area contributed by atoms with Crippen LogP contribution in [0.25, 0.3) is 0 Å². The lowest BCUT2D eigenvalue weighted by Gasteiger charge is -2.19. The van der Waals surface area contributed by atoms with Gasteiger partial charge in [0.1, 0.15) is 5.75 Å². The van der Waals surface area contributed by atoms with E-state index in [1.54, 1.807) is 32.3 Å². The molecular formula is C10H12N2O. The Kier molecular flexibility index (Phi) is 2.43. The van der Waals surface area contributed by atoms with E-state index in [0.29, 0.717) is 11.4 Å². The number of ether oxygens (including phenoxy) is 1. The molecule has 2 N–H and O–H groups in total. The van der Waals surface area contributed by atoms with Gasteiger partial charge in [-0.15, -0.1) is 6.42 Å². The van der Waals surface area contributed by atoms with Crippen LogP contribution in [-0.4, -0.2) is 10.6 Å². The van der Waals surface area contributed by atoms with E-state index in [1.807, 2.05) is 0 Å². The van der Waals surface area contributed by atoms with Crippen molar-refractivity contribution in [3.63, 3.8) is 0 Å². The first-order valence-electron chi connectivity index (χ1n) is 3.91. The third-order valence-electron chi connectivity index (χ3n) is 1.45. The molecule has 0 saturated carbocycles. The third-order valence-corrected chi connectivity index (χ3v) is 1.45. The van der Waals surface area contributed by atoms with Gasteiger partial charge in [-0.25, -0.2) is 0 Å². The zero-order chi connectivity index (χ0) is 9.90. The van der Waals surface area contributed by atoms with E-state index < -0.39 is 5.60 Å². The highest BCUT2D eigenvalue weighted by molar-refractivity contribution is 5.40. The van der Waals surface area contributed by atoms with E-state index >= 15 is 0 Å². The molecular weight excluding hydrogens is 164 g/mol. The Morgan fingerprint density at radius 2 is 2.23 bits per heavy atom. The number of pyridine rings is 1. The molecule has 0 bridgehead atoms. The predicted octanol–water partition coefficient (Wildman–Crippen LogP) is 1.45. The average Bonchev–Trinajstić information content (AvgIpc) is 2.03. The Morgan fingerprint density at radius 3 is 2.77 bits per heavy atom. The smallest absolute Gasteiger partial charge is 0.163 e. The lowest BCUT2D eigenvalue weighted by molar-refractivity contribution is 0.172. The topological polar surface area (TPSA) is 48.1 Å². The Hall–Kier alpha value is -1.69. The highest BCUT2D eigenvalue weighted by Gasteiger charge is 2.15. The van der Waals surface area contributed by atoms with E-state index in [4.69, 9.17) is 16.9 Å². The van der Waals surface area contributed by atoms with Crippen LogP contribution in [0.2, 0.25) is 0 Å². The molecule has 0 saturated heterocycles. The maximum absolute atomic E-state index is 5.52. The number of nitrogens with two attached hydrogens (primary N) is 1. The van der Waals surface area contributed by atoms with E-state index in [1.165, 1.54) is 0 Å². The Balaban J connectivity index is 2.82. The number of nitrogen functional groups attached to an aromatic ring is 1. The van der Waals surface area contributed by atoms with Gasteiger partial charge in [0.2, 0.25) is 0 Å². The Morgan fingerprint density at radius 1 is 1.54 bits per heavy atom. The fourth-order valence-electron chi connectivity index (χ4n) is 0.816. The van der Waals surface area contributed by atoms with Gasteiger partial charge in [0.15, 0.2) is 5.60 Å². The number of nitrogens with zero attached hydrogens (tertiary/aromatic N) is 1. The second kappa shape index (κ2) is 3.36. The first-order chi connectivity index (χ1) is 6.03. The molecule has 3 nitrogen and oxygen atoms in total. The van der Waals surface area contributed by atoms with Gasteiger partial charge in [-0.05, 0) is 13.8 Å². The largest absolute Gasteiger partial charge is 0.473 e. The number of hydrogen-bond acceptors (Lipinski definition) is 3. The van der Waals surface area contributed by atoms with Crippen molar-refractivity contribution < 1.29 is 4.74 Å². The Labute approximate surface area is 77.9 Å². The number of hydrogen-bond donors (Lipinski definition) is 1. The van der Waals surface area contributed by atoms with Crippen LogP contribution in [0.15, 0.2) is 18.5 Å². The predicted molar refractivity (Wildman–Crippen MR) is 52.2 cm³/mol. The molecule has 0 aliphatic heterocycles. The summed E-state index contributed by atoms with van der Waals surface area (Å²) in [4.78, 5) is 3.88. The van der Waals surface area contributed by atoms with Gasteiger partial charge in [0.25, 0.3) is 0 Å². The fraction of sp³-hybridized carbons (Fsp3) is 0.300. The molecule has 0 aliphatic rings. The van der Waals surface area contributed by atoms with E-state index in [2.05, 4.69) is 10.9 Å². The number of aromatic nitrogens is 1. The highest BCUT2D eigenvalue weighted by atomic mass is 16.5. The quantitative estimate of drug-likeness (QED) is 0.694. The monoisotopic (exact) mass is 176 g/mol. The number of rotatable bonds is 2. The molecule has 0 unspecified atom stereocenters. The molecule has 0 atom stereocenters. The SMILES string of the molecule is C#CC(C)(C)Oc1cncc(N)c1. The van der Waals surface area contributed by atoms with Crippen LogP contribution in [0.1, 0.15) is 13.8 Å². The summed E-state index contributed by atoms with van der Waals surface area (Å²) in [6.45, 7) is 3.60. The average molecular weight is 176 g/mol. The van der Waals surface area contributed by atoms with Crippen molar-refractivity contribution >= 4 is 5.69 Å². The van der Waals surface area contributed by atoms with Crippen molar-refractivity contribution in [3.05, 3.63) is 18.5 Å². The molecule has 0 aromatic carbocycles. The first-order valence-corrected chi connectivity index (χ1v) is 3.91. The highest BCUT2D eigenvalue weighted by Crippen LogP contribution is 2.18. The summed E-state index contributed by atoms with van der Waals surface area (Å²) in [5.41, 5.74) is 5.46. The maximum atomic E-state index is 5.52.